The molecule has 0 radical (unpaired) electrons. The van der Waals surface area contributed by atoms with Crippen LogP contribution in [0.1, 0.15) is 30.4 Å². The van der Waals surface area contributed by atoms with Crippen LogP contribution < -0.4 is 5.73 Å². The van der Waals surface area contributed by atoms with Crippen LogP contribution in [0, 0.1) is 19.3 Å². The van der Waals surface area contributed by atoms with Crippen LogP contribution >= 0.6 is 0 Å². The summed E-state index contributed by atoms with van der Waals surface area (Å²) in [6.45, 7) is 1.84. The second-order valence-electron chi connectivity index (χ2n) is 2.88. The lowest BCUT2D eigenvalue weighted by atomic mass is 10.1. The molecule has 68 valence electrons. The minimum absolute atomic E-state index is 0.0715. The maximum absolute atomic E-state index is 5.86. The van der Waals surface area contributed by atoms with E-state index < -0.39 is 0 Å². The van der Waals surface area contributed by atoms with Crippen molar-refractivity contribution in [2.75, 3.05) is 0 Å². The molecule has 1 aromatic rings. The van der Waals surface area contributed by atoms with Gasteiger partial charge in [-0.1, -0.05) is 0 Å². The Hall–Kier alpha value is -1.40. The zero-order valence-electron chi connectivity index (χ0n) is 7.70. The molecule has 3 heteroatoms. The second-order valence-corrected chi connectivity index (χ2v) is 2.88. The van der Waals surface area contributed by atoms with Crippen molar-refractivity contribution in [2.45, 2.75) is 25.8 Å². The summed E-state index contributed by atoms with van der Waals surface area (Å²) in [5.41, 5.74) is 6.73. The lowest BCUT2D eigenvalue weighted by molar-refractivity contribution is 0.642. The molecule has 0 spiro atoms. The van der Waals surface area contributed by atoms with E-state index in [-0.39, 0.29) is 6.04 Å². The SMILES string of the molecule is C#CCCC(N)c1ccnc(C)n1. The summed E-state index contributed by atoms with van der Waals surface area (Å²) in [6.07, 6.45) is 8.32. The van der Waals surface area contributed by atoms with Crippen LogP contribution in [-0.4, -0.2) is 9.97 Å². The molecule has 0 aliphatic carbocycles. The van der Waals surface area contributed by atoms with Gasteiger partial charge >= 0.3 is 0 Å². The van der Waals surface area contributed by atoms with E-state index >= 15 is 0 Å². The Balaban J connectivity index is 2.66. The van der Waals surface area contributed by atoms with Gasteiger partial charge in [0, 0.05) is 18.7 Å². The van der Waals surface area contributed by atoms with Gasteiger partial charge in [0.05, 0.1) is 5.69 Å². The summed E-state index contributed by atoms with van der Waals surface area (Å²) in [7, 11) is 0. The smallest absolute Gasteiger partial charge is 0.125 e. The molecule has 13 heavy (non-hydrogen) atoms. The molecule has 0 aromatic carbocycles. The van der Waals surface area contributed by atoms with Gasteiger partial charge < -0.3 is 5.73 Å². The third-order valence-electron chi connectivity index (χ3n) is 1.78. The van der Waals surface area contributed by atoms with Crippen molar-refractivity contribution >= 4 is 0 Å². The fourth-order valence-corrected chi connectivity index (χ4v) is 1.07. The van der Waals surface area contributed by atoms with Crippen LogP contribution in [0.15, 0.2) is 12.3 Å². The Morgan fingerprint density at radius 1 is 1.69 bits per heavy atom. The van der Waals surface area contributed by atoms with Gasteiger partial charge in [0.25, 0.3) is 0 Å². The largest absolute Gasteiger partial charge is 0.323 e. The first-order valence-corrected chi connectivity index (χ1v) is 4.22. The lowest BCUT2D eigenvalue weighted by Gasteiger charge is -2.08. The number of hydrogen-bond donors (Lipinski definition) is 1. The fourth-order valence-electron chi connectivity index (χ4n) is 1.07. The summed E-state index contributed by atoms with van der Waals surface area (Å²) in [5.74, 6) is 3.30. The zero-order chi connectivity index (χ0) is 9.68. The van der Waals surface area contributed by atoms with Crippen LogP contribution in [0.4, 0.5) is 0 Å². The van der Waals surface area contributed by atoms with Crippen LogP contribution in [0.5, 0.6) is 0 Å². The summed E-state index contributed by atoms with van der Waals surface area (Å²) in [6, 6.07) is 1.76. The zero-order valence-corrected chi connectivity index (χ0v) is 7.70. The minimum Gasteiger partial charge on any atom is -0.323 e. The topological polar surface area (TPSA) is 51.8 Å². The number of rotatable bonds is 3. The van der Waals surface area contributed by atoms with Crippen molar-refractivity contribution in [3.8, 4) is 12.3 Å². The van der Waals surface area contributed by atoms with Gasteiger partial charge in [0.1, 0.15) is 5.82 Å². The first kappa shape index (κ1) is 9.69. The van der Waals surface area contributed by atoms with Crippen molar-refractivity contribution in [3.63, 3.8) is 0 Å². The van der Waals surface area contributed by atoms with Crippen LogP contribution in [0.2, 0.25) is 0 Å². The monoisotopic (exact) mass is 175 g/mol. The summed E-state index contributed by atoms with van der Waals surface area (Å²) in [4.78, 5) is 8.22. The third-order valence-corrected chi connectivity index (χ3v) is 1.78. The Morgan fingerprint density at radius 2 is 2.46 bits per heavy atom. The van der Waals surface area contributed by atoms with Crippen molar-refractivity contribution < 1.29 is 0 Å². The van der Waals surface area contributed by atoms with Crippen molar-refractivity contribution in [2.24, 2.45) is 5.73 Å². The van der Waals surface area contributed by atoms with Crippen molar-refractivity contribution in [1.82, 2.24) is 9.97 Å². The number of hydrogen-bond acceptors (Lipinski definition) is 3. The minimum atomic E-state index is -0.0715. The third kappa shape index (κ3) is 2.85. The number of nitrogens with two attached hydrogens (primary N) is 1. The van der Waals surface area contributed by atoms with E-state index in [9.17, 15) is 0 Å². The molecule has 0 saturated carbocycles. The molecule has 0 aliphatic rings. The molecule has 1 atom stereocenters. The average molecular weight is 175 g/mol. The average Bonchev–Trinajstić information content (AvgIpc) is 2.14. The first-order valence-electron chi connectivity index (χ1n) is 4.22. The Morgan fingerprint density at radius 3 is 3.08 bits per heavy atom. The van der Waals surface area contributed by atoms with Gasteiger partial charge in [-0.05, 0) is 19.4 Å². The lowest BCUT2D eigenvalue weighted by Crippen LogP contribution is -2.12. The van der Waals surface area contributed by atoms with E-state index in [1.165, 1.54) is 0 Å². The Bertz CT molecular complexity index is 314. The van der Waals surface area contributed by atoms with E-state index in [0.29, 0.717) is 6.42 Å². The van der Waals surface area contributed by atoms with Gasteiger partial charge in [0.15, 0.2) is 0 Å². The molecule has 0 bridgehead atoms. The second kappa shape index (κ2) is 4.58. The number of terminal acetylenes is 1. The molecule has 1 heterocycles. The predicted octanol–water partition coefficient (Wildman–Crippen LogP) is 1.20. The molecule has 2 N–H and O–H groups in total. The van der Waals surface area contributed by atoms with E-state index in [2.05, 4.69) is 15.9 Å². The highest BCUT2D eigenvalue weighted by Crippen LogP contribution is 2.11. The highest BCUT2D eigenvalue weighted by molar-refractivity contribution is 5.07. The van der Waals surface area contributed by atoms with E-state index in [1.54, 1.807) is 6.20 Å². The van der Waals surface area contributed by atoms with Crippen molar-refractivity contribution in [1.29, 1.82) is 0 Å². The summed E-state index contributed by atoms with van der Waals surface area (Å²) >= 11 is 0. The normalized spacial score (nSPS) is 12.1. The molecular formula is C10H13N3. The molecule has 1 unspecified atom stereocenters. The van der Waals surface area contributed by atoms with Gasteiger partial charge in [-0.2, -0.15) is 0 Å². The Labute approximate surface area is 78.4 Å². The number of aryl methyl sites for hydroxylation is 1. The van der Waals surface area contributed by atoms with Gasteiger partial charge in [-0.25, -0.2) is 9.97 Å². The van der Waals surface area contributed by atoms with Crippen LogP contribution in [0.3, 0.4) is 0 Å². The predicted molar refractivity (Wildman–Crippen MR) is 51.8 cm³/mol. The van der Waals surface area contributed by atoms with Gasteiger partial charge in [0.2, 0.25) is 0 Å². The molecule has 0 fully saturated rings. The Kier molecular flexibility index (Phi) is 3.41. The summed E-state index contributed by atoms with van der Waals surface area (Å²) < 4.78 is 0. The highest BCUT2D eigenvalue weighted by Gasteiger charge is 2.06. The molecular weight excluding hydrogens is 162 g/mol. The van der Waals surface area contributed by atoms with Gasteiger partial charge in [-0.15, -0.1) is 12.3 Å². The number of aromatic nitrogens is 2. The molecule has 0 amide bonds. The van der Waals surface area contributed by atoms with Crippen LogP contribution in [0.25, 0.3) is 0 Å². The maximum Gasteiger partial charge on any atom is 0.125 e. The fraction of sp³-hybridized carbons (Fsp3) is 0.400. The highest BCUT2D eigenvalue weighted by atomic mass is 14.9. The maximum atomic E-state index is 5.86. The molecule has 1 aromatic heterocycles. The van der Waals surface area contributed by atoms with E-state index in [4.69, 9.17) is 12.2 Å². The summed E-state index contributed by atoms with van der Waals surface area (Å²) in [5, 5.41) is 0. The van der Waals surface area contributed by atoms with Crippen molar-refractivity contribution in [3.05, 3.63) is 23.8 Å². The number of nitrogens with zero attached hydrogens (tertiary/aromatic N) is 2. The molecule has 1 rings (SSSR count). The molecule has 0 saturated heterocycles. The standard InChI is InChI=1S/C10H13N3/c1-3-4-5-9(11)10-6-7-12-8(2)13-10/h1,6-7,9H,4-5,11H2,2H3. The van der Waals surface area contributed by atoms with E-state index in [1.807, 2.05) is 13.0 Å². The quantitative estimate of drug-likeness (QED) is 0.702. The van der Waals surface area contributed by atoms with Gasteiger partial charge in [-0.3, -0.25) is 0 Å². The van der Waals surface area contributed by atoms with Crippen LogP contribution in [-0.2, 0) is 0 Å². The van der Waals surface area contributed by atoms with E-state index in [0.717, 1.165) is 17.9 Å². The molecule has 0 aliphatic heterocycles. The first-order chi connectivity index (χ1) is 6.24. The molecule has 3 nitrogen and oxygen atoms in total.